The van der Waals surface area contributed by atoms with E-state index in [1.165, 1.54) is 30.7 Å². The molecule has 7 nitrogen and oxygen atoms in total. The van der Waals surface area contributed by atoms with E-state index in [1.807, 2.05) is 20.8 Å². The number of hydrogen-bond acceptors (Lipinski definition) is 5. The minimum absolute atomic E-state index is 0.0154. The molecule has 0 fully saturated rings. The maximum Gasteiger partial charge on any atom is 0.271 e. The first-order valence-electron chi connectivity index (χ1n) is 10.4. The van der Waals surface area contributed by atoms with Crippen molar-refractivity contribution in [3.05, 3.63) is 69.5 Å². The molecule has 2 amide bonds. The molecule has 4 N–H and O–H groups in total. The van der Waals surface area contributed by atoms with Crippen LogP contribution in [0.1, 0.15) is 47.2 Å². The van der Waals surface area contributed by atoms with Gasteiger partial charge in [-0.15, -0.1) is 6.42 Å². The van der Waals surface area contributed by atoms with Crippen molar-refractivity contribution in [1.82, 2.24) is 15.3 Å². The first kappa shape index (κ1) is 25.9. The van der Waals surface area contributed by atoms with Gasteiger partial charge in [0, 0.05) is 23.9 Å². The van der Waals surface area contributed by atoms with Crippen LogP contribution in [-0.2, 0) is 0 Å². The van der Waals surface area contributed by atoms with Crippen LogP contribution in [-0.4, -0.2) is 28.3 Å². The molecule has 180 valence electrons. The minimum atomic E-state index is -0.754. The molecule has 35 heavy (non-hydrogen) atoms. The molecule has 0 atom stereocenters. The van der Waals surface area contributed by atoms with E-state index in [0.717, 1.165) is 6.07 Å². The summed E-state index contributed by atoms with van der Waals surface area (Å²) in [5, 5.41) is 5.31. The van der Waals surface area contributed by atoms with E-state index in [4.69, 9.17) is 35.4 Å². The molecule has 0 bridgehead atoms. The van der Waals surface area contributed by atoms with Crippen LogP contribution in [0.4, 0.5) is 15.8 Å². The first-order chi connectivity index (χ1) is 16.4. The van der Waals surface area contributed by atoms with Crippen molar-refractivity contribution < 1.29 is 14.0 Å². The molecule has 0 aliphatic heterocycles. The van der Waals surface area contributed by atoms with Crippen molar-refractivity contribution in [3.63, 3.8) is 0 Å². The summed E-state index contributed by atoms with van der Waals surface area (Å²) in [4.78, 5) is 33.1. The maximum absolute atomic E-state index is 15.0. The van der Waals surface area contributed by atoms with Gasteiger partial charge in [-0.25, -0.2) is 9.37 Å². The molecular formula is C25H22Cl2FN5O2. The Hall–Kier alpha value is -3.67. The van der Waals surface area contributed by atoms with E-state index in [-0.39, 0.29) is 54.8 Å². The van der Waals surface area contributed by atoms with Gasteiger partial charge in [0.15, 0.2) is 0 Å². The van der Waals surface area contributed by atoms with E-state index in [2.05, 4.69) is 26.5 Å². The van der Waals surface area contributed by atoms with Crippen molar-refractivity contribution >= 4 is 46.4 Å². The number of rotatable bonds is 5. The standard InChI is InChI=1S/C25H22Cl2FN5O2/c1-5-13-9-30-11-20(29)21(13)16-7-17(26)15(8-19(16)28)23(34)33-14-6-18(27)22(31-10-14)24(35)32-12-25(2,3)4/h1,6-11H,12,29H2,2-4H3,(H,32,35)(H,33,34). The molecule has 0 saturated carbocycles. The third kappa shape index (κ3) is 6.07. The summed E-state index contributed by atoms with van der Waals surface area (Å²) < 4.78 is 15.0. The second-order valence-corrected chi connectivity index (χ2v) is 9.67. The summed E-state index contributed by atoms with van der Waals surface area (Å²) in [6, 6.07) is 3.62. The Morgan fingerprint density at radius 1 is 1.11 bits per heavy atom. The first-order valence-corrected chi connectivity index (χ1v) is 11.1. The smallest absolute Gasteiger partial charge is 0.271 e. The zero-order valence-corrected chi connectivity index (χ0v) is 20.7. The van der Waals surface area contributed by atoms with Gasteiger partial charge in [0.05, 0.1) is 44.9 Å². The molecule has 0 saturated heterocycles. The number of terminal acetylenes is 1. The van der Waals surface area contributed by atoms with Crippen molar-refractivity contribution in [2.24, 2.45) is 5.41 Å². The van der Waals surface area contributed by atoms with E-state index in [1.54, 1.807) is 0 Å². The lowest BCUT2D eigenvalue weighted by atomic mass is 9.97. The molecule has 0 radical (unpaired) electrons. The highest BCUT2D eigenvalue weighted by molar-refractivity contribution is 6.35. The predicted octanol–water partition coefficient (Wildman–Crippen LogP) is 5.18. The Balaban J connectivity index is 1.84. The third-order valence-electron chi connectivity index (χ3n) is 4.79. The molecule has 0 unspecified atom stereocenters. The summed E-state index contributed by atoms with van der Waals surface area (Å²) >= 11 is 12.5. The fourth-order valence-electron chi connectivity index (χ4n) is 3.10. The fraction of sp³-hybridized carbons (Fsp3) is 0.200. The van der Waals surface area contributed by atoms with E-state index in [0.29, 0.717) is 6.54 Å². The highest BCUT2D eigenvalue weighted by Crippen LogP contribution is 2.34. The molecule has 3 aromatic rings. The lowest BCUT2D eigenvalue weighted by Crippen LogP contribution is -2.32. The van der Waals surface area contributed by atoms with Gasteiger partial charge in [0.1, 0.15) is 11.5 Å². The average molecular weight is 514 g/mol. The summed E-state index contributed by atoms with van der Waals surface area (Å²) in [6.45, 7) is 6.35. The van der Waals surface area contributed by atoms with Gasteiger partial charge in [-0.3, -0.25) is 14.6 Å². The number of amides is 2. The quantitative estimate of drug-likeness (QED) is 0.407. The van der Waals surface area contributed by atoms with Gasteiger partial charge >= 0.3 is 0 Å². The van der Waals surface area contributed by atoms with Crippen molar-refractivity contribution in [2.45, 2.75) is 20.8 Å². The van der Waals surface area contributed by atoms with Crippen LogP contribution in [0.15, 0.2) is 36.8 Å². The summed E-state index contributed by atoms with van der Waals surface area (Å²) in [5.41, 5.74) is 6.64. The molecule has 2 heterocycles. The minimum Gasteiger partial charge on any atom is -0.397 e. The maximum atomic E-state index is 15.0. The van der Waals surface area contributed by atoms with Crippen molar-refractivity contribution in [3.8, 4) is 23.5 Å². The molecule has 2 aromatic heterocycles. The Bertz CT molecular complexity index is 1360. The number of aromatic nitrogens is 2. The van der Waals surface area contributed by atoms with Crippen LogP contribution in [0.2, 0.25) is 10.0 Å². The molecule has 1 aromatic carbocycles. The van der Waals surface area contributed by atoms with Gasteiger partial charge in [0.25, 0.3) is 11.8 Å². The van der Waals surface area contributed by atoms with Crippen LogP contribution in [0.25, 0.3) is 11.1 Å². The number of carbonyl (C=O) groups is 2. The van der Waals surface area contributed by atoms with Gasteiger partial charge < -0.3 is 16.4 Å². The Morgan fingerprint density at radius 2 is 1.83 bits per heavy atom. The van der Waals surface area contributed by atoms with Gasteiger partial charge in [-0.05, 0) is 23.6 Å². The number of anilines is 2. The molecule has 0 spiro atoms. The van der Waals surface area contributed by atoms with Crippen molar-refractivity contribution in [1.29, 1.82) is 0 Å². The Morgan fingerprint density at radius 3 is 2.46 bits per heavy atom. The second kappa shape index (κ2) is 10.3. The van der Waals surface area contributed by atoms with Gasteiger partial charge in [-0.2, -0.15) is 0 Å². The second-order valence-electron chi connectivity index (χ2n) is 8.86. The summed E-state index contributed by atoms with van der Waals surface area (Å²) in [7, 11) is 0. The van der Waals surface area contributed by atoms with Gasteiger partial charge in [-0.1, -0.05) is 49.9 Å². The fourth-order valence-corrected chi connectivity index (χ4v) is 3.60. The lowest BCUT2D eigenvalue weighted by Gasteiger charge is -2.18. The van der Waals surface area contributed by atoms with Gasteiger partial charge in [0.2, 0.25) is 0 Å². The van der Waals surface area contributed by atoms with Crippen LogP contribution in [0.5, 0.6) is 0 Å². The van der Waals surface area contributed by atoms with E-state index < -0.39 is 17.6 Å². The van der Waals surface area contributed by atoms with E-state index >= 15 is 4.39 Å². The number of nitrogens with one attached hydrogen (secondary N) is 2. The number of nitrogens with two attached hydrogens (primary N) is 1. The largest absolute Gasteiger partial charge is 0.397 e. The molecule has 10 heteroatoms. The Kier molecular flexibility index (Phi) is 7.64. The molecule has 0 aliphatic carbocycles. The molecule has 0 aliphatic rings. The monoisotopic (exact) mass is 513 g/mol. The normalized spacial score (nSPS) is 11.0. The summed E-state index contributed by atoms with van der Waals surface area (Å²) in [6.07, 6.45) is 9.47. The average Bonchev–Trinajstić information content (AvgIpc) is 2.78. The number of halogens is 3. The summed E-state index contributed by atoms with van der Waals surface area (Å²) in [5.74, 6) is 0.506. The highest BCUT2D eigenvalue weighted by atomic mass is 35.5. The number of hydrogen-bond donors (Lipinski definition) is 3. The van der Waals surface area contributed by atoms with Crippen LogP contribution < -0.4 is 16.4 Å². The third-order valence-corrected chi connectivity index (χ3v) is 5.40. The lowest BCUT2D eigenvalue weighted by molar-refractivity contribution is 0.0934. The number of nitrogen functional groups attached to an aromatic ring is 1. The number of carbonyl (C=O) groups excluding carboxylic acids is 2. The number of nitrogens with zero attached hydrogens (tertiary/aromatic N) is 2. The van der Waals surface area contributed by atoms with Crippen LogP contribution >= 0.6 is 23.2 Å². The zero-order chi connectivity index (χ0) is 25.9. The van der Waals surface area contributed by atoms with Crippen LogP contribution in [0, 0.1) is 23.6 Å². The highest BCUT2D eigenvalue weighted by Gasteiger charge is 2.21. The predicted molar refractivity (Wildman–Crippen MR) is 136 cm³/mol. The zero-order valence-electron chi connectivity index (χ0n) is 19.2. The number of benzene rings is 1. The SMILES string of the molecule is C#Cc1cncc(N)c1-c1cc(Cl)c(C(=O)Nc2cnc(C(=O)NCC(C)(C)C)c(Cl)c2)cc1F. The Labute approximate surface area is 212 Å². The van der Waals surface area contributed by atoms with Crippen LogP contribution in [0.3, 0.4) is 0 Å². The topological polar surface area (TPSA) is 110 Å². The van der Waals surface area contributed by atoms with Crippen molar-refractivity contribution in [2.75, 3.05) is 17.6 Å². The van der Waals surface area contributed by atoms with E-state index in [9.17, 15) is 9.59 Å². The molecular weight excluding hydrogens is 492 g/mol. The molecule has 3 rings (SSSR count). The number of pyridine rings is 2.